The monoisotopic (exact) mass is 328 g/mol. The summed E-state index contributed by atoms with van der Waals surface area (Å²) in [5.74, 6) is 0. The zero-order chi connectivity index (χ0) is 13.8. The van der Waals surface area contributed by atoms with Crippen molar-refractivity contribution in [1.29, 1.82) is 0 Å². The largest absolute Gasteiger partial charge is 0.395 e. The van der Waals surface area contributed by atoms with E-state index in [-0.39, 0.29) is 24.7 Å². The van der Waals surface area contributed by atoms with Crippen LogP contribution < -0.4 is 5.73 Å². The Bertz CT molecular complexity index is 414. The zero-order valence-corrected chi connectivity index (χ0v) is 12.7. The normalized spacial score (nSPS) is 24.1. The quantitative estimate of drug-likeness (QED) is 0.880. The van der Waals surface area contributed by atoms with Gasteiger partial charge in [-0.1, -0.05) is 28.1 Å². The molecule has 0 amide bonds. The highest BCUT2D eigenvalue weighted by molar-refractivity contribution is 9.10. The fraction of sp³-hybridized carbons (Fsp3) is 0.571. The zero-order valence-electron chi connectivity index (χ0n) is 11.1. The maximum absolute atomic E-state index is 9.52. The lowest BCUT2D eigenvalue weighted by Crippen LogP contribution is -2.52. The number of halogens is 1. The van der Waals surface area contributed by atoms with Gasteiger partial charge in [-0.05, 0) is 24.6 Å². The van der Waals surface area contributed by atoms with Gasteiger partial charge in [0, 0.05) is 17.1 Å². The minimum atomic E-state index is -0.0125. The third-order valence-electron chi connectivity index (χ3n) is 3.53. The van der Waals surface area contributed by atoms with Crippen LogP contribution in [0.1, 0.15) is 18.5 Å². The number of ether oxygens (including phenoxy) is 1. The molecule has 0 aromatic heterocycles. The van der Waals surface area contributed by atoms with Crippen LogP contribution in [0, 0.1) is 0 Å². The first kappa shape index (κ1) is 14.9. The molecule has 1 aliphatic heterocycles. The number of aliphatic hydroxyl groups is 1. The van der Waals surface area contributed by atoms with Crippen LogP contribution in [0.15, 0.2) is 28.7 Å². The summed E-state index contributed by atoms with van der Waals surface area (Å²) in [7, 11) is 0. The highest BCUT2D eigenvalue weighted by Gasteiger charge is 2.32. The first-order valence-corrected chi connectivity index (χ1v) is 7.38. The lowest BCUT2D eigenvalue weighted by molar-refractivity contribution is -0.0516. The Kier molecular flexibility index (Phi) is 5.36. The van der Waals surface area contributed by atoms with E-state index < -0.39 is 0 Å². The van der Waals surface area contributed by atoms with Crippen molar-refractivity contribution in [1.82, 2.24) is 4.90 Å². The van der Waals surface area contributed by atoms with Crippen LogP contribution in [0.25, 0.3) is 0 Å². The Labute approximate surface area is 122 Å². The number of rotatable bonds is 4. The molecule has 19 heavy (non-hydrogen) atoms. The average molecular weight is 329 g/mol. The van der Waals surface area contributed by atoms with Crippen LogP contribution in [-0.2, 0) is 4.74 Å². The van der Waals surface area contributed by atoms with Gasteiger partial charge in [0.25, 0.3) is 0 Å². The summed E-state index contributed by atoms with van der Waals surface area (Å²) in [4.78, 5) is 2.26. The van der Waals surface area contributed by atoms with E-state index >= 15 is 0 Å². The molecule has 1 fully saturated rings. The van der Waals surface area contributed by atoms with Crippen LogP contribution in [0.5, 0.6) is 0 Å². The van der Waals surface area contributed by atoms with Gasteiger partial charge in [-0.15, -0.1) is 0 Å². The number of aliphatic hydroxyl groups excluding tert-OH is 1. The van der Waals surface area contributed by atoms with Crippen LogP contribution in [0.3, 0.4) is 0 Å². The topological polar surface area (TPSA) is 58.7 Å². The SMILES string of the molecule is CC(N)C(c1cccc(Br)c1)N1CCOCC1CO. The van der Waals surface area contributed by atoms with Gasteiger partial charge in [0.2, 0.25) is 0 Å². The molecular weight excluding hydrogens is 308 g/mol. The number of morpholine rings is 1. The Morgan fingerprint density at radius 2 is 2.37 bits per heavy atom. The van der Waals surface area contributed by atoms with Gasteiger partial charge in [0.15, 0.2) is 0 Å². The average Bonchev–Trinajstić information content (AvgIpc) is 2.39. The van der Waals surface area contributed by atoms with E-state index in [4.69, 9.17) is 10.5 Å². The smallest absolute Gasteiger partial charge is 0.0645 e. The molecule has 1 aromatic rings. The van der Waals surface area contributed by atoms with Crippen molar-refractivity contribution in [2.24, 2.45) is 5.73 Å². The van der Waals surface area contributed by atoms with Gasteiger partial charge in [-0.3, -0.25) is 4.90 Å². The Morgan fingerprint density at radius 1 is 1.58 bits per heavy atom. The van der Waals surface area contributed by atoms with Gasteiger partial charge in [0.05, 0.1) is 31.9 Å². The Hall–Kier alpha value is -0.460. The first-order valence-electron chi connectivity index (χ1n) is 6.59. The van der Waals surface area contributed by atoms with E-state index in [2.05, 4.69) is 33.0 Å². The van der Waals surface area contributed by atoms with Crippen LogP contribution in [0.4, 0.5) is 0 Å². The van der Waals surface area contributed by atoms with E-state index in [0.717, 1.165) is 11.0 Å². The van der Waals surface area contributed by atoms with E-state index in [1.807, 2.05) is 19.1 Å². The van der Waals surface area contributed by atoms with Crippen molar-refractivity contribution in [3.8, 4) is 0 Å². The van der Waals surface area contributed by atoms with Crippen molar-refractivity contribution in [2.45, 2.75) is 25.0 Å². The molecule has 3 atom stereocenters. The van der Waals surface area contributed by atoms with Gasteiger partial charge < -0.3 is 15.6 Å². The summed E-state index contributed by atoms with van der Waals surface area (Å²) < 4.78 is 6.49. The molecule has 0 saturated carbocycles. The summed E-state index contributed by atoms with van der Waals surface area (Å²) in [6, 6.07) is 8.30. The third-order valence-corrected chi connectivity index (χ3v) is 4.02. The molecule has 0 spiro atoms. The van der Waals surface area contributed by atoms with Crippen molar-refractivity contribution in [2.75, 3.05) is 26.4 Å². The van der Waals surface area contributed by atoms with Crippen LogP contribution in [0.2, 0.25) is 0 Å². The minimum Gasteiger partial charge on any atom is -0.395 e. The predicted octanol–water partition coefficient (Wildman–Crippen LogP) is 1.53. The fourth-order valence-corrected chi connectivity index (χ4v) is 3.10. The second kappa shape index (κ2) is 6.81. The lowest BCUT2D eigenvalue weighted by Gasteiger charge is -2.42. The first-order chi connectivity index (χ1) is 9.13. The Balaban J connectivity index is 2.28. The summed E-state index contributed by atoms with van der Waals surface area (Å²) in [6.07, 6.45) is 0. The second-order valence-corrected chi connectivity index (χ2v) is 5.92. The molecule has 1 aromatic carbocycles. The van der Waals surface area contributed by atoms with Gasteiger partial charge in [-0.25, -0.2) is 0 Å². The lowest BCUT2D eigenvalue weighted by atomic mass is 9.97. The standard InChI is InChI=1S/C14H21BrN2O2/c1-10(16)14(11-3-2-4-12(15)7-11)17-5-6-19-9-13(17)8-18/h2-4,7,10,13-14,18H,5-6,8-9,16H2,1H3. The summed E-state index contributed by atoms with van der Waals surface area (Å²) in [6.45, 7) is 4.15. The molecule has 0 aliphatic carbocycles. The molecule has 4 nitrogen and oxygen atoms in total. The molecule has 0 bridgehead atoms. The molecule has 1 heterocycles. The maximum Gasteiger partial charge on any atom is 0.0645 e. The van der Waals surface area contributed by atoms with E-state index in [9.17, 15) is 5.11 Å². The highest BCUT2D eigenvalue weighted by Crippen LogP contribution is 2.28. The summed E-state index contributed by atoms with van der Waals surface area (Å²) >= 11 is 3.50. The van der Waals surface area contributed by atoms with E-state index in [0.29, 0.717) is 13.2 Å². The van der Waals surface area contributed by atoms with Crippen LogP contribution >= 0.6 is 15.9 Å². The molecule has 2 rings (SSSR count). The molecule has 1 saturated heterocycles. The molecule has 3 unspecified atom stereocenters. The number of hydrogen-bond acceptors (Lipinski definition) is 4. The van der Waals surface area contributed by atoms with Crippen molar-refractivity contribution >= 4 is 15.9 Å². The summed E-state index contributed by atoms with van der Waals surface area (Å²) in [5.41, 5.74) is 7.36. The number of hydrogen-bond donors (Lipinski definition) is 2. The second-order valence-electron chi connectivity index (χ2n) is 5.01. The van der Waals surface area contributed by atoms with E-state index in [1.54, 1.807) is 0 Å². The van der Waals surface area contributed by atoms with Gasteiger partial charge in [-0.2, -0.15) is 0 Å². The maximum atomic E-state index is 9.52. The molecule has 1 aliphatic rings. The summed E-state index contributed by atoms with van der Waals surface area (Å²) in [5, 5.41) is 9.52. The molecule has 5 heteroatoms. The van der Waals surface area contributed by atoms with Crippen molar-refractivity contribution in [3.05, 3.63) is 34.3 Å². The Morgan fingerprint density at radius 3 is 3.00 bits per heavy atom. The van der Waals surface area contributed by atoms with Crippen molar-refractivity contribution < 1.29 is 9.84 Å². The number of benzene rings is 1. The molecular formula is C14H21BrN2O2. The third kappa shape index (κ3) is 3.55. The number of nitrogens with two attached hydrogens (primary N) is 1. The predicted molar refractivity (Wildman–Crippen MR) is 78.9 cm³/mol. The minimum absolute atomic E-state index is 0.0125. The van der Waals surface area contributed by atoms with Gasteiger partial charge in [0.1, 0.15) is 0 Å². The molecule has 3 N–H and O–H groups in total. The highest BCUT2D eigenvalue weighted by atomic mass is 79.9. The fourth-order valence-electron chi connectivity index (χ4n) is 2.68. The molecule has 0 radical (unpaired) electrons. The number of nitrogens with zero attached hydrogens (tertiary/aromatic N) is 1. The van der Waals surface area contributed by atoms with Gasteiger partial charge >= 0.3 is 0 Å². The van der Waals surface area contributed by atoms with Crippen molar-refractivity contribution in [3.63, 3.8) is 0 Å². The van der Waals surface area contributed by atoms with E-state index in [1.165, 1.54) is 5.56 Å². The van der Waals surface area contributed by atoms with Crippen LogP contribution in [-0.4, -0.2) is 48.5 Å². The molecule has 106 valence electrons.